The number of nitrogens with zero attached hydrogens (tertiary/aromatic N) is 5. The molecule has 0 saturated heterocycles. The molecular formula is C22H19ClN6OS. The van der Waals surface area contributed by atoms with Crippen LogP contribution in [0.3, 0.4) is 0 Å². The Hall–Kier alpha value is -3.33. The van der Waals surface area contributed by atoms with Crippen molar-refractivity contribution in [1.82, 2.24) is 14.5 Å². The first kappa shape index (κ1) is 22.4. The largest absolute Gasteiger partial charge is 0.383 e. The van der Waals surface area contributed by atoms with E-state index in [1.54, 1.807) is 41.2 Å². The van der Waals surface area contributed by atoms with Gasteiger partial charge in [-0.15, -0.1) is 0 Å². The van der Waals surface area contributed by atoms with E-state index in [1.165, 1.54) is 6.33 Å². The summed E-state index contributed by atoms with van der Waals surface area (Å²) < 4.78 is 1.66. The van der Waals surface area contributed by atoms with Gasteiger partial charge in [0, 0.05) is 34.0 Å². The number of nitrogens with two attached hydrogens (primary N) is 1. The lowest BCUT2D eigenvalue weighted by atomic mass is 9.90. The van der Waals surface area contributed by atoms with Gasteiger partial charge in [-0.3, -0.25) is 4.79 Å². The number of Topliss-reactive ketones (excluding diaryl/α,β-unsaturated/α-hetero) is 1. The third-order valence-corrected chi connectivity index (χ3v) is 6.07. The van der Waals surface area contributed by atoms with E-state index in [0.29, 0.717) is 16.1 Å². The molecule has 3 rings (SSSR count). The van der Waals surface area contributed by atoms with Gasteiger partial charge >= 0.3 is 0 Å². The van der Waals surface area contributed by atoms with Gasteiger partial charge < -0.3 is 10.3 Å². The zero-order valence-electron chi connectivity index (χ0n) is 17.1. The maximum atomic E-state index is 13.2. The summed E-state index contributed by atoms with van der Waals surface area (Å²) in [6, 6.07) is 11.0. The lowest BCUT2D eigenvalue weighted by Crippen LogP contribution is -2.28. The molecule has 1 aromatic carbocycles. The molecule has 0 bridgehead atoms. The maximum Gasteiger partial charge on any atom is 0.171 e. The van der Waals surface area contributed by atoms with Gasteiger partial charge in [-0.1, -0.05) is 62.3 Å². The van der Waals surface area contributed by atoms with Gasteiger partial charge in [-0.05, 0) is 6.07 Å². The van der Waals surface area contributed by atoms with E-state index in [-0.39, 0.29) is 27.8 Å². The second kappa shape index (κ2) is 8.81. The molecule has 0 aliphatic rings. The van der Waals surface area contributed by atoms with Crippen LogP contribution in [0.5, 0.6) is 0 Å². The van der Waals surface area contributed by atoms with Crippen molar-refractivity contribution in [2.24, 2.45) is 5.41 Å². The van der Waals surface area contributed by atoms with Gasteiger partial charge in [-0.25, -0.2) is 9.97 Å². The van der Waals surface area contributed by atoms with Crippen molar-refractivity contribution in [2.45, 2.75) is 31.2 Å². The Labute approximate surface area is 189 Å². The molecule has 2 aromatic heterocycles. The summed E-state index contributed by atoms with van der Waals surface area (Å²) in [5, 5.41) is 19.6. The maximum absolute atomic E-state index is 13.2. The van der Waals surface area contributed by atoms with E-state index in [9.17, 15) is 15.3 Å². The van der Waals surface area contributed by atoms with Crippen molar-refractivity contribution in [3.8, 4) is 23.3 Å². The van der Waals surface area contributed by atoms with Gasteiger partial charge in [0.05, 0.1) is 11.9 Å². The third kappa shape index (κ3) is 4.41. The number of halogens is 1. The van der Waals surface area contributed by atoms with E-state index in [1.807, 2.05) is 26.8 Å². The van der Waals surface area contributed by atoms with Crippen LogP contribution in [-0.2, 0) is 4.79 Å². The van der Waals surface area contributed by atoms with Crippen LogP contribution in [0.4, 0.5) is 5.82 Å². The van der Waals surface area contributed by atoms with Crippen LogP contribution in [0.2, 0.25) is 5.02 Å². The van der Waals surface area contributed by atoms with Crippen LogP contribution in [0, 0.1) is 28.1 Å². The Morgan fingerprint density at radius 1 is 1.23 bits per heavy atom. The van der Waals surface area contributed by atoms with Crippen molar-refractivity contribution in [2.75, 3.05) is 5.73 Å². The molecule has 0 amide bonds. The Kier molecular flexibility index (Phi) is 6.35. The normalized spacial score (nSPS) is 12.1. The minimum atomic E-state index is -0.728. The number of anilines is 1. The summed E-state index contributed by atoms with van der Waals surface area (Å²) in [5.41, 5.74) is 6.44. The Balaban J connectivity index is 2.25. The fourth-order valence-electron chi connectivity index (χ4n) is 2.95. The Bertz CT molecular complexity index is 1220. The van der Waals surface area contributed by atoms with E-state index >= 15 is 0 Å². The van der Waals surface area contributed by atoms with E-state index < -0.39 is 10.8 Å². The highest BCUT2D eigenvalue weighted by Crippen LogP contribution is 2.43. The number of hydrogen-bond donors (Lipinski definition) is 1. The number of aromatic nitrogens is 3. The van der Waals surface area contributed by atoms with Crippen molar-refractivity contribution in [3.05, 3.63) is 59.1 Å². The molecule has 1 unspecified atom stereocenters. The molecule has 31 heavy (non-hydrogen) atoms. The number of hydrogen-bond acceptors (Lipinski definition) is 7. The Morgan fingerprint density at radius 2 is 1.90 bits per heavy atom. The number of nitriles is 2. The molecule has 1 atom stereocenters. The summed E-state index contributed by atoms with van der Waals surface area (Å²) in [5.74, 6) is -0.116. The average Bonchev–Trinajstić information content (AvgIpc) is 3.25. The second-order valence-electron chi connectivity index (χ2n) is 7.73. The Morgan fingerprint density at radius 3 is 2.45 bits per heavy atom. The van der Waals surface area contributed by atoms with Gasteiger partial charge in [0.2, 0.25) is 0 Å². The van der Waals surface area contributed by atoms with Gasteiger partial charge in [0.15, 0.2) is 5.78 Å². The smallest absolute Gasteiger partial charge is 0.171 e. The number of benzene rings is 1. The molecule has 0 aliphatic heterocycles. The van der Waals surface area contributed by atoms with Crippen LogP contribution in [0.25, 0.3) is 11.1 Å². The summed E-state index contributed by atoms with van der Waals surface area (Å²) >= 11 is 7.45. The lowest BCUT2D eigenvalue weighted by molar-refractivity contribution is -0.127. The quantitative estimate of drug-likeness (QED) is 0.552. The van der Waals surface area contributed by atoms with E-state index in [0.717, 1.165) is 11.8 Å². The van der Waals surface area contributed by atoms with Crippen LogP contribution in [-0.4, -0.2) is 20.3 Å². The topological polar surface area (TPSA) is 121 Å². The van der Waals surface area contributed by atoms with Crippen molar-refractivity contribution >= 4 is 35.0 Å². The van der Waals surface area contributed by atoms with Gasteiger partial charge in [-0.2, -0.15) is 10.5 Å². The highest BCUT2D eigenvalue weighted by Gasteiger charge is 2.33. The zero-order valence-corrected chi connectivity index (χ0v) is 18.7. The van der Waals surface area contributed by atoms with Crippen molar-refractivity contribution in [3.63, 3.8) is 0 Å². The number of carbonyl (C=O) groups excluding carboxylic acids is 1. The van der Waals surface area contributed by atoms with Crippen LogP contribution < -0.4 is 5.73 Å². The molecule has 156 valence electrons. The molecule has 7 nitrogen and oxygen atoms in total. The van der Waals surface area contributed by atoms with Crippen LogP contribution in [0.1, 0.15) is 37.3 Å². The second-order valence-corrected chi connectivity index (χ2v) is 9.20. The number of rotatable bonds is 5. The number of imidazole rings is 1. The zero-order chi connectivity index (χ0) is 22.8. The predicted molar refractivity (Wildman–Crippen MR) is 120 cm³/mol. The standard InChI is InChI=1S/C22H19ClN6OS/c1-22(2,3)18(30)21(29-9-8-27-12-29)31-20-15(11-25)17(14(10-24)19(26)28-20)13-6-4-5-7-16(13)23/h4-9,12,21H,1-3H3,(H2,26,28). The first-order chi connectivity index (χ1) is 14.7. The summed E-state index contributed by atoms with van der Waals surface area (Å²) in [6.45, 7) is 5.46. The summed E-state index contributed by atoms with van der Waals surface area (Å²) in [7, 11) is 0. The first-order valence-corrected chi connectivity index (χ1v) is 10.5. The number of nitrogen functional groups attached to an aromatic ring is 1. The van der Waals surface area contributed by atoms with Crippen LogP contribution in [0.15, 0.2) is 48.0 Å². The molecule has 9 heteroatoms. The van der Waals surface area contributed by atoms with E-state index in [2.05, 4.69) is 16.0 Å². The first-order valence-electron chi connectivity index (χ1n) is 9.26. The SMILES string of the molecule is CC(C)(C)C(=O)C(Sc1nc(N)c(C#N)c(-c2ccccc2Cl)c1C#N)n1ccnc1. The number of carbonyl (C=O) groups is 1. The monoisotopic (exact) mass is 450 g/mol. The lowest BCUT2D eigenvalue weighted by Gasteiger charge is -2.25. The molecule has 0 spiro atoms. The van der Waals surface area contributed by atoms with E-state index in [4.69, 9.17) is 17.3 Å². The summed E-state index contributed by atoms with van der Waals surface area (Å²) in [6.07, 6.45) is 4.79. The third-order valence-electron chi connectivity index (χ3n) is 4.54. The fraction of sp³-hybridized carbons (Fsp3) is 0.227. The molecular weight excluding hydrogens is 432 g/mol. The van der Waals surface area contributed by atoms with Crippen LogP contribution >= 0.6 is 23.4 Å². The highest BCUT2D eigenvalue weighted by atomic mass is 35.5. The molecule has 2 N–H and O–H groups in total. The minimum absolute atomic E-state index is 0.0356. The van der Waals surface area contributed by atoms with Crippen molar-refractivity contribution in [1.29, 1.82) is 10.5 Å². The molecule has 0 fully saturated rings. The summed E-state index contributed by atoms with van der Waals surface area (Å²) in [4.78, 5) is 21.6. The number of ketones is 1. The molecule has 0 aliphatic carbocycles. The molecule has 2 heterocycles. The number of pyridine rings is 1. The predicted octanol–water partition coefficient (Wildman–Crippen LogP) is 4.83. The minimum Gasteiger partial charge on any atom is -0.383 e. The van der Waals surface area contributed by atoms with Gasteiger partial charge in [0.1, 0.15) is 33.9 Å². The fourth-order valence-corrected chi connectivity index (χ4v) is 4.52. The number of thioether (sulfide) groups is 1. The van der Waals surface area contributed by atoms with Gasteiger partial charge in [0.25, 0.3) is 0 Å². The molecule has 0 saturated carbocycles. The average molecular weight is 451 g/mol. The van der Waals surface area contributed by atoms with Crippen molar-refractivity contribution < 1.29 is 4.79 Å². The molecule has 0 radical (unpaired) electrons. The highest BCUT2D eigenvalue weighted by molar-refractivity contribution is 8.00. The molecule has 3 aromatic rings.